The zero-order valence-corrected chi connectivity index (χ0v) is 15.8. The van der Waals surface area contributed by atoms with Crippen molar-refractivity contribution in [2.75, 3.05) is 10.6 Å². The summed E-state index contributed by atoms with van der Waals surface area (Å²) in [5, 5.41) is 38.1. The number of hydrogen-bond donors (Lipinski definition) is 3. The third-order valence-corrected chi connectivity index (χ3v) is 4.22. The predicted molar refractivity (Wildman–Crippen MR) is 111 cm³/mol. The number of amides is 1. The highest BCUT2D eigenvalue weighted by Gasteiger charge is 2.28. The summed E-state index contributed by atoms with van der Waals surface area (Å²) >= 11 is 5.81. The van der Waals surface area contributed by atoms with Crippen molar-refractivity contribution < 1.29 is 19.7 Å². The molecule has 152 valence electrons. The third kappa shape index (κ3) is 4.62. The molecule has 0 unspecified atom stereocenters. The zero-order chi connectivity index (χ0) is 21.8. The highest BCUT2D eigenvalue weighted by atomic mass is 35.5. The van der Waals surface area contributed by atoms with Crippen LogP contribution < -0.4 is 10.6 Å². The van der Waals surface area contributed by atoms with Gasteiger partial charge in [0.1, 0.15) is 11.4 Å². The molecule has 0 atom stereocenters. The molecular formula is C19H13ClN4O6. The highest BCUT2D eigenvalue weighted by Crippen LogP contribution is 2.36. The molecule has 0 bridgehead atoms. The molecule has 0 radical (unpaired) electrons. The lowest BCUT2D eigenvalue weighted by Crippen LogP contribution is -2.15. The lowest BCUT2D eigenvalue weighted by Gasteiger charge is -2.13. The van der Waals surface area contributed by atoms with Gasteiger partial charge in [-0.2, -0.15) is 0 Å². The molecule has 1 amide bonds. The molecule has 0 saturated carbocycles. The number of non-ortho nitro benzene ring substituents is 1. The number of carbonyl (C=O) groups is 1. The normalized spacial score (nSPS) is 10.3. The number of anilines is 3. The summed E-state index contributed by atoms with van der Waals surface area (Å²) in [6.07, 6.45) is 0. The topological polar surface area (TPSA) is 148 Å². The fraction of sp³-hybridized carbons (Fsp3) is 0. The van der Waals surface area contributed by atoms with Gasteiger partial charge in [-0.3, -0.25) is 25.0 Å². The van der Waals surface area contributed by atoms with E-state index in [1.807, 2.05) is 0 Å². The number of nitro benzene ring substituents is 2. The van der Waals surface area contributed by atoms with Gasteiger partial charge < -0.3 is 15.7 Å². The minimum absolute atomic E-state index is 0.114. The Bertz CT molecular complexity index is 1150. The van der Waals surface area contributed by atoms with Gasteiger partial charge in [0.2, 0.25) is 0 Å². The number of nitro groups is 2. The highest BCUT2D eigenvalue weighted by molar-refractivity contribution is 6.30. The molecule has 0 aromatic heterocycles. The van der Waals surface area contributed by atoms with E-state index in [1.165, 1.54) is 48.5 Å². The van der Waals surface area contributed by atoms with E-state index < -0.39 is 27.1 Å². The van der Waals surface area contributed by atoms with Crippen LogP contribution in [0.2, 0.25) is 5.02 Å². The molecule has 3 N–H and O–H groups in total. The Morgan fingerprint density at radius 2 is 1.63 bits per heavy atom. The standard InChI is InChI=1S/C19H13ClN4O6/c20-11-4-6-12(7-5-11)22-19(26)16-9-14(23(27)28)10-17(24(29)30)18(16)21-13-2-1-3-15(25)8-13/h1-10,21,25H,(H,22,26). The first-order valence-corrected chi connectivity index (χ1v) is 8.72. The van der Waals surface area contributed by atoms with Crippen LogP contribution in [-0.4, -0.2) is 20.9 Å². The van der Waals surface area contributed by atoms with Crippen LogP contribution in [0.15, 0.2) is 60.7 Å². The number of halogens is 1. The average Bonchev–Trinajstić information content (AvgIpc) is 2.69. The summed E-state index contributed by atoms with van der Waals surface area (Å²) in [7, 11) is 0. The Labute approximate surface area is 174 Å². The van der Waals surface area contributed by atoms with Gasteiger partial charge in [0, 0.05) is 28.5 Å². The average molecular weight is 429 g/mol. The Kier molecular flexibility index (Phi) is 5.79. The van der Waals surface area contributed by atoms with Crippen LogP contribution >= 0.6 is 11.6 Å². The number of phenols is 1. The minimum Gasteiger partial charge on any atom is -0.508 e. The fourth-order valence-corrected chi connectivity index (χ4v) is 2.76. The van der Waals surface area contributed by atoms with E-state index in [4.69, 9.17) is 11.6 Å². The van der Waals surface area contributed by atoms with Crippen molar-refractivity contribution in [1.82, 2.24) is 0 Å². The molecule has 0 aliphatic rings. The lowest BCUT2D eigenvalue weighted by atomic mass is 10.1. The van der Waals surface area contributed by atoms with Gasteiger partial charge >= 0.3 is 0 Å². The van der Waals surface area contributed by atoms with E-state index in [0.717, 1.165) is 12.1 Å². The second kappa shape index (κ2) is 8.45. The van der Waals surface area contributed by atoms with Gasteiger partial charge in [-0.25, -0.2) is 0 Å². The maximum Gasteiger partial charge on any atom is 0.300 e. The number of hydrogen-bond acceptors (Lipinski definition) is 7. The summed E-state index contributed by atoms with van der Waals surface area (Å²) in [6, 6.07) is 13.4. The van der Waals surface area contributed by atoms with Crippen molar-refractivity contribution >= 4 is 45.9 Å². The zero-order valence-electron chi connectivity index (χ0n) is 15.0. The van der Waals surface area contributed by atoms with Crippen molar-refractivity contribution in [3.05, 3.63) is 91.5 Å². The van der Waals surface area contributed by atoms with Gasteiger partial charge in [-0.1, -0.05) is 17.7 Å². The Hall–Kier alpha value is -4.18. The second-order valence-corrected chi connectivity index (χ2v) is 6.47. The molecule has 3 aromatic carbocycles. The van der Waals surface area contributed by atoms with Crippen molar-refractivity contribution in [3.63, 3.8) is 0 Å². The van der Waals surface area contributed by atoms with Crippen molar-refractivity contribution in [3.8, 4) is 5.75 Å². The van der Waals surface area contributed by atoms with Gasteiger partial charge in [-0.05, 0) is 36.4 Å². The van der Waals surface area contributed by atoms with Crippen LogP contribution in [0.4, 0.5) is 28.4 Å². The van der Waals surface area contributed by atoms with E-state index in [-0.39, 0.29) is 22.7 Å². The van der Waals surface area contributed by atoms with Gasteiger partial charge in [-0.15, -0.1) is 0 Å². The first kappa shape index (κ1) is 20.6. The first-order valence-electron chi connectivity index (χ1n) is 8.34. The van der Waals surface area contributed by atoms with Gasteiger partial charge in [0.15, 0.2) is 0 Å². The number of phenolic OH excluding ortho intramolecular Hbond substituents is 1. The molecule has 0 spiro atoms. The van der Waals surface area contributed by atoms with Crippen molar-refractivity contribution in [1.29, 1.82) is 0 Å². The minimum atomic E-state index is -0.836. The lowest BCUT2D eigenvalue weighted by molar-refractivity contribution is -0.393. The molecule has 3 aromatic rings. The SMILES string of the molecule is O=C(Nc1ccc(Cl)cc1)c1cc([N+](=O)[O-])cc([N+](=O)[O-])c1Nc1cccc(O)c1. The fourth-order valence-electron chi connectivity index (χ4n) is 2.63. The molecule has 0 saturated heterocycles. The summed E-state index contributed by atoms with van der Waals surface area (Å²) in [6.45, 7) is 0. The molecule has 30 heavy (non-hydrogen) atoms. The number of rotatable bonds is 6. The largest absolute Gasteiger partial charge is 0.508 e. The number of nitrogens with one attached hydrogen (secondary N) is 2. The van der Waals surface area contributed by atoms with E-state index in [0.29, 0.717) is 10.7 Å². The molecule has 0 fully saturated rings. The van der Waals surface area contributed by atoms with Crippen LogP contribution in [0, 0.1) is 20.2 Å². The van der Waals surface area contributed by atoms with E-state index in [2.05, 4.69) is 10.6 Å². The van der Waals surface area contributed by atoms with Gasteiger partial charge in [0.25, 0.3) is 17.3 Å². The maximum absolute atomic E-state index is 12.8. The maximum atomic E-state index is 12.8. The molecule has 11 heteroatoms. The van der Waals surface area contributed by atoms with E-state index >= 15 is 0 Å². The van der Waals surface area contributed by atoms with Crippen molar-refractivity contribution in [2.24, 2.45) is 0 Å². The summed E-state index contributed by atoms with van der Waals surface area (Å²) in [5.41, 5.74) is -1.30. The number of nitrogens with zero attached hydrogens (tertiary/aromatic N) is 2. The summed E-state index contributed by atoms with van der Waals surface area (Å²) in [4.78, 5) is 34.0. The Morgan fingerprint density at radius 1 is 0.933 bits per heavy atom. The smallest absolute Gasteiger partial charge is 0.300 e. The molecule has 3 rings (SSSR count). The monoisotopic (exact) mass is 428 g/mol. The van der Waals surface area contributed by atoms with Crippen LogP contribution in [0.5, 0.6) is 5.75 Å². The summed E-state index contributed by atoms with van der Waals surface area (Å²) in [5.74, 6) is -0.927. The second-order valence-electron chi connectivity index (χ2n) is 6.04. The predicted octanol–water partition coefficient (Wildman–Crippen LogP) is 4.86. The first-order chi connectivity index (χ1) is 14.2. The van der Waals surface area contributed by atoms with E-state index in [1.54, 1.807) is 0 Å². The van der Waals surface area contributed by atoms with Crippen molar-refractivity contribution in [2.45, 2.75) is 0 Å². The Balaban J connectivity index is 2.11. The number of carbonyl (C=O) groups excluding carboxylic acids is 1. The molecule has 0 heterocycles. The van der Waals surface area contributed by atoms with Crippen LogP contribution in [0.25, 0.3) is 0 Å². The molecular weight excluding hydrogens is 416 g/mol. The molecule has 10 nitrogen and oxygen atoms in total. The van der Waals surface area contributed by atoms with Gasteiger partial charge in [0.05, 0.1) is 21.5 Å². The number of aromatic hydroxyl groups is 1. The van der Waals surface area contributed by atoms with E-state index in [9.17, 15) is 30.1 Å². The van der Waals surface area contributed by atoms with Crippen LogP contribution in [0.3, 0.4) is 0 Å². The number of benzene rings is 3. The third-order valence-electron chi connectivity index (χ3n) is 3.97. The summed E-state index contributed by atoms with van der Waals surface area (Å²) < 4.78 is 0. The molecule has 0 aliphatic heterocycles. The Morgan fingerprint density at radius 3 is 2.23 bits per heavy atom. The van der Waals surface area contributed by atoms with Crippen LogP contribution in [-0.2, 0) is 0 Å². The van der Waals surface area contributed by atoms with Crippen LogP contribution in [0.1, 0.15) is 10.4 Å². The quantitative estimate of drug-likeness (QED) is 0.375. The molecule has 0 aliphatic carbocycles.